The lowest BCUT2D eigenvalue weighted by Gasteiger charge is -2.16. The molecule has 0 aromatic carbocycles. The van der Waals surface area contributed by atoms with Gasteiger partial charge < -0.3 is 4.42 Å². The van der Waals surface area contributed by atoms with Gasteiger partial charge in [-0.15, -0.1) is 0 Å². The van der Waals surface area contributed by atoms with E-state index in [0.717, 1.165) is 12.0 Å². The van der Waals surface area contributed by atoms with E-state index in [1.54, 1.807) is 6.26 Å². The molecule has 1 aromatic heterocycles. The summed E-state index contributed by atoms with van der Waals surface area (Å²) in [5, 5.41) is 0. The zero-order chi connectivity index (χ0) is 10.8. The Hall–Kier alpha value is -1.05. The third-order valence-electron chi connectivity index (χ3n) is 2.22. The summed E-state index contributed by atoms with van der Waals surface area (Å²) in [5.41, 5.74) is 1.14. The lowest BCUT2D eigenvalue weighted by molar-refractivity contribution is 0.0938. The molecule has 0 aliphatic heterocycles. The minimum atomic E-state index is 0.113. The summed E-state index contributed by atoms with van der Waals surface area (Å²) in [7, 11) is 0. The molecule has 14 heavy (non-hydrogen) atoms. The van der Waals surface area contributed by atoms with E-state index >= 15 is 0 Å². The smallest absolute Gasteiger partial charge is 0.198 e. The first-order valence-electron chi connectivity index (χ1n) is 4.97. The van der Waals surface area contributed by atoms with Gasteiger partial charge in [0.1, 0.15) is 0 Å². The van der Waals surface area contributed by atoms with E-state index in [0.29, 0.717) is 12.2 Å². The molecular formula is C12H18O2. The Bertz CT molecular complexity index is 315. The summed E-state index contributed by atoms with van der Waals surface area (Å²) in [4.78, 5) is 11.7. The monoisotopic (exact) mass is 194 g/mol. The van der Waals surface area contributed by atoms with Crippen molar-refractivity contribution >= 4 is 5.78 Å². The molecule has 0 saturated heterocycles. The number of hydrogen-bond donors (Lipinski definition) is 0. The molecule has 0 radical (unpaired) electrons. The molecule has 0 aliphatic rings. The molecule has 2 nitrogen and oxygen atoms in total. The first-order valence-corrected chi connectivity index (χ1v) is 4.97. The van der Waals surface area contributed by atoms with Crippen LogP contribution in [-0.4, -0.2) is 5.78 Å². The average molecular weight is 194 g/mol. The van der Waals surface area contributed by atoms with Gasteiger partial charge in [-0.3, -0.25) is 4.79 Å². The van der Waals surface area contributed by atoms with Gasteiger partial charge in [0.05, 0.1) is 6.26 Å². The summed E-state index contributed by atoms with van der Waals surface area (Å²) in [6, 6.07) is 1.82. The Kier molecular flexibility index (Phi) is 3.14. The fourth-order valence-corrected chi connectivity index (χ4v) is 1.26. The molecular weight excluding hydrogens is 176 g/mol. The normalized spacial score (nSPS) is 11.7. The molecule has 0 spiro atoms. The third-order valence-corrected chi connectivity index (χ3v) is 2.22. The lowest BCUT2D eigenvalue weighted by Crippen LogP contribution is -2.09. The molecule has 0 fully saturated rings. The average Bonchev–Trinajstić information content (AvgIpc) is 2.46. The van der Waals surface area contributed by atoms with Crippen LogP contribution in [0.3, 0.4) is 0 Å². The summed E-state index contributed by atoms with van der Waals surface area (Å²) in [6.45, 7) is 8.30. The van der Waals surface area contributed by atoms with Crippen molar-refractivity contribution in [3.63, 3.8) is 0 Å². The zero-order valence-electron chi connectivity index (χ0n) is 9.39. The highest BCUT2D eigenvalue weighted by molar-refractivity contribution is 5.94. The molecule has 0 unspecified atom stereocenters. The molecule has 0 bridgehead atoms. The lowest BCUT2D eigenvalue weighted by atomic mass is 9.89. The predicted molar refractivity (Wildman–Crippen MR) is 56.5 cm³/mol. The summed E-state index contributed by atoms with van der Waals surface area (Å²) >= 11 is 0. The maximum absolute atomic E-state index is 11.7. The van der Waals surface area contributed by atoms with E-state index in [1.807, 2.05) is 13.0 Å². The highest BCUT2D eigenvalue weighted by Gasteiger charge is 2.17. The van der Waals surface area contributed by atoms with Gasteiger partial charge in [0, 0.05) is 6.42 Å². The van der Waals surface area contributed by atoms with Crippen LogP contribution in [0, 0.1) is 12.3 Å². The van der Waals surface area contributed by atoms with Crippen molar-refractivity contribution in [3.8, 4) is 0 Å². The second-order valence-electron chi connectivity index (χ2n) is 4.92. The Labute approximate surface area is 85.3 Å². The maximum Gasteiger partial charge on any atom is 0.198 e. The summed E-state index contributed by atoms with van der Waals surface area (Å²) in [5.74, 6) is 0.636. The minimum Gasteiger partial charge on any atom is -0.461 e. The third kappa shape index (κ3) is 3.02. The van der Waals surface area contributed by atoms with Gasteiger partial charge in [0.2, 0.25) is 0 Å². The molecule has 0 saturated carbocycles. The van der Waals surface area contributed by atoms with Crippen LogP contribution < -0.4 is 0 Å². The van der Waals surface area contributed by atoms with Crippen molar-refractivity contribution in [1.82, 2.24) is 0 Å². The molecule has 2 heteroatoms. The number of Topliss-reactive ketones (excluding diaryl/α,β-unsaturated/α-hetero) is 1. The van der Waals surface area contributed by atoms with Crippen molar-refractivity contribution < 1.29 is 9.21 Å². The van der Waals surface area contributed by atoms with Crippen LogP contribution in [0.1, 0.15) is 49.7 Å². The van der Waals surface area contributed by atoms with Crippen molar-refractivity contribution in [2.75, 3.05) is 0 Å². The van der Waals surface area contributed by atoms with E-state index in [1.165, 1.54) is 0 Å². The number of furan rings is 1. The fraction of sp³-hybridized carbons (Fsp3) is 0.583. The predicted octanol–water partition coefficient (Wildman–Crippen LogP) is 3.60. The van der Waals surface area contributed by atoms with Gasteiger partial charge in [-0.05, 0) is 30.4 Å². The van der Waals surface area contributed by atoms with Crippen molar-refractivity contribution in [2.45, 2.75) is 40.5 Å². The molecule has 1 aromatic rings. The van der Waals surface area contributed by atoms with Crippen molar-refractivity contribution in [2.24, 2.45) is 5.41 Å². The molecule has 0 atom stereocenters. The van der Waals surface area contributed by atoms with Crippen LogP contribution >= 0.6 is 0 Å². The van der Waals surface area contributed by atoms with Crippen LogP contribution in [0.15, 0.2) is 16.7 Å². The molecule has 1 heterocycles. The van der Waals surface area contributed by atoms with Gasteiger partial charge in [0.25, 0.3) is 0 Å². The van der Waals surface area contributed by atoms with E-state index < -0.39 is 0 Å². The van der Waals surface area contributed by atoms with Crippen LogP contribution in [0.5, 0.6) is 0 Å². The van der Waals surface area contributed by atoms with Gasteiger partial charge in [-0.25, -0.2) is 0 Å². The fourth-order valence-electron chi connectivity index (χ4n) is 1.26. The highest BCUT2D eigenvalue weighted by atomic mass is 16.3. The largest absolute Gasteiger partial charge is 0.461 e. The molecule has 0 N–H and O–H groups in total. The second-order valence-corrected chi connectivity index (χ2v) is 4.92. The van der Waals surface area contributed by atoms with Gasteiger partial charge >= 0.3 is 0 Å². The number of carbonyl (C=O) groups is 1. The standard InChI is InChI=1S/C12H18O2/c1-9-6-8-14-11(9)10(13)5-7-12(2,3)4/h6,8H,5,7H2,1-4H3. The molecule has 1 rings (SSSR count). The Morgan fingerprint density at radius 3 is 2.50 bits per heavy atom. The minimum absolute atomic E-state index is 0.113. The number of hydrogen-bond acceptors (Lipinski definition) is 2. The van der Waals surface area contributed by atoms with Crippen LogP contribution in [0.2, 0.25) is 0 Å². The topological polar surface area (TPSA) is 30.2 Å². The summed E-state index contributed by atoms with van der Waals surface area (Å²) in [6.07, 6.45) is 3.03. The molecule has 78 valence electrons. The highest BCUT2D eigenvalue weighted by Crippen LogP contribution is 2.22. The number of carbonyl (C=O) groups excluding carboxylic acids is 1. The van der Waals surface area contributed by atoms with Crippen LogP contribution in [0.4, 0.5) is 0 Å². The number of rotatable bonds is 3. The van der Waals surface area contributed by atoms with Gasteiger partial charge in [-0.1, -0.05) is 20.8 Å². The van der Waals surface area contributed by atoms with Crippen LogP contribution in [0.25, 0.3) is 0 Å². The number of aryl methyl sites for hydroxylation is 1. The quantitative estimate of drug-likeness (QED) is 0.688. The first-order chi connectivity index (χ1) is 6.40. The van der Waals surface area contributed by atoms with Crippen molar-refractivity contribution in [3.05, 3.63) is 23.7 Å². The molecule has 0 aliphatic carbocycles. The number of ketones is 1. The Morgan fingerprint density at radius 2 is 2.07 bits per heavy atom. The van der Waals surface area contributed by atoms with Gasteiger partial charge in [-0.2, -0.15) is 0 Å². The zero-order valence-corrected chi connectivity index (χ0v) is 9.39. The van der Waals surface area contributed by atoms with E-state index in [2.05, 4.69) is 20.8 Å². The van der Waals surface area contributed by atoms with Gasteiger partial charge in [0.15, 0.2) is 11.5 Å². The second kappa shape index (κ2) is 3.99. The van der Waals surface area contributed by atoms with E-state index in [9.17, 15) is 4.79 Å². The van der Waals surface area contributed by atoms with E-state index in [-0.39, 0.29) is 11.2 Å². The Morgan fingerprint density at radius 1 is 1.43 bits per heavy atom. The van der Waals surface area contributed by atoms with Crippen molar-refractivity contribution in [1.29, 1.82) is 0 Å². The summed E-state index contributed by atoms with van der Waals surface area (Å²) < 4.78 is 5.14. The maximum atomic E-state index is 11.7. The van der Waals surface area contributed by atoms with E-state index in [4.69, 9.17) is 4.42 Å². The first kappa shape index (κ1) is 11.0. The molecule has 0 amide bonds. The SMILES string of the molecule is Cc1ccoc1C(=O)CCC(C)(C)C. The Balaban J connectivity index is 2.56. The van der Waals surface area contributed by atoms with Crippen LogP contribution in [-0.2, 0) is 0 Å².